The topological polar surface area (TPSA) is 78.9 Å². The van der Waals surface area contributed by atoms with Crippen molar-refractivity contribution in [1.29, 1.82) is 0 Å². The molecule has 1 rings (SSSR count). The van der Waals surface area contributed by atoms with Gasteiger partial charge in [-0.3, -0.25) is 0 Å². The number of esters is 3. The second kappa shape index (κ2) is 12.2. The van der Waals surface area contributed by atoms with Crippen molar-refractivity contribution in [1.82, 2.24) is 0 Å². The van der Waals surface area contributed by atoms with Crippen molar-refractivity contribution in [2.75, 3.05) is 0 Å². The third-order valence-corrected chi connectivity index (χ3v) is 3.22. The molecule has 0 N–H and O–H groups in total. The molecule has 0 saturated heterocycles. The minimum absolute atomic E-state index is 0.00805. The number of ether oxygens (including phenoxy) is 3. The Bertz CT molecular complexity index is 743. The zero-order chi connectivity index (χ0) is 20.1. The van der Waals surface area contributed by atoms with Gasteiger partial charge in [-0.15, -0.1) is 0 Å². The summed E-state index contributed by atoms with van der Waals surface area (Å²) >= 11 is 0. The Labute approximate surface area is 159 Å². The highest BCUT2D eigenvalue weighted by atomic mass is 16.5. The summed E-state index contributed by atoms with van der Waals surface area (Å²) in [6.07, 6.45) is 10.8. The van der Waals surface area contributed by atoms with Crippen LogP contribution in [0.1, 0.15) is 71.1 Å². The summed E-state index contributed by atoms with van der Waals surface area (Å²) in [5.74, 6) is -2.15. The molecule has 144 valence electrons. The molecule has 0 aliphatic carbocycles. The molecule has 0 saturated carbocycles. The molecule has 0 bridgehead atoms. The van der Waals surface area contributed by atoms with Crippen molar-refractivity contribution in [3.63, 3.8) is 0 Å². The molecule has 6 heteroatoms. The Morgan fingerprint density at radius 2 is 1.15 bits per heavy atom. The minimum Gasteiger partial charge on any atom is -0.431 e. The van der Waals surface area contributed by atoms with E-state index in [1.54, 1.807) is 18.2 Å². The zero-order valence-corrected chi connectivity index (χ0v) is 15.8. The van der Waals surface area contributed by atoms with E-state index in [4.69, 9.17) is 14.2 Å². The molecule has 0 heterocycles. The molecule has 0 radical (unpaired) electrons. The highest BCUT2D eigenvalue weighted by molar-refractivity contribution is 6.05. The van der Waals surface area contributed by atoms with E-state index in [-0.39, 0.29) is 16.7 Å². The van der Waals surface area contributed by atoms with Crippen molar-refractivity contribution >= 4 is 17.9 Å². The first kappa shape index (κ1) is 21.9. The van der Waals surface area contributed by atoms with Crippen LogP contribution in [0.25, 0.3) is 0 Å². The van der Waals surface area contributed by atoms with E-state index in [2.05, 4.69) is 0 Å². The lowest BCUT2D eigenvalue weighted by Crippen LogP contribution is -2.13. The number of hydrogen-bond donors (Lipinski definition) is 0. The van der Waals surface area contributed by atoms with Crippen LogP contribution in [-0.4, -0.2) is 17.9 Å². The van der Waals surface area contributed by atoms with Crippen molar-refractivity contribution < 1.29 is 28.6 Å². The third-order valence-electron chi connectivity index (χ3n) is 3.22. The third kappa shape index (κ3) is 7.32. The normalized spacial score (nSPS) is 11.2. The first-order valence-electron chi connectivity index (χ1n) is 8.77. The fraction of sp³-hybridized carbons (Fsp3) is 0.286. The Morgan fingerprint density at radius 3 is 1.63 bits per heavy atom. The molecule has 1 aromatic carbocycles. The second-order valence-corrected chi connectivity index (χ2v) is 5.32. The van der Waals surface area contributed by atoms with Gasteiger partial charge in [0, 0.05) is 0 Å². The molecule has 0 spiro atoms. The molecule has 0 unspecified atom stereocenters. The molecule has 6 nitrogen and oxygen atoms in total. The van der Waals surface area contributed by atoms with Crippen LogP contribution < -0.4 is 0 Å². The van der Waals surface area contributed by atoms with Gasteiger partial charge in [-0.05, 0) is 55.7 Å². The van der Waals surface area contributed by atoms with Gasteiger partial charge in [-0.1, -0.05) is 20.8 Å². The van der Waals surface area contributed by atoms with Crippen LogP contribution in [0.4, 0.5) is 0 Å². The number of allylic oxidation sites excluding steroid dienone is 3. The molecule has 1 aromatic rings. The summed E-state index contributed by atoms with van der Waals surface area (Å²) in [5, 5.41) is 0. The molecule has 0 aliphatic rings. The van der Waals surface area contributed by atoms with Crippen molar-refractivity contribution in [2.45, 2.75) is 40.0 Å². The smallest absolute Gasteiger partial charge is 0.343 e. The fourth-order valence-electron chi connectivity index (χ4n) is 1.83. The van der Waals surface area contributed by atoms with E-state index < -0.39 is 17.9 Å². The summed E-state index contributed by atoms with van der Waals surface area (Å²) in [4.78, 5) is 36.7. The highest BCUT2D eigenvalue weighted by Gasteiger charge is 2.21. The summed E-state index contributed by atoms with van der Waals surface area (Å²) in [6, 6.07) is 3.98. The fourth-order valence-corrected chi connectivity index (χ4v) is 1.83. The predicted octanol–water partition coefficient (Wildman–Crippen LogP) is 4.93. The van der Waals surface area contributed by atoms with Crippen LogP contribution in [0.2, 0.25) is 0 Å². The number of benzene rings is 1. The second-order valence-electron chi connectivity index (χ2n) is 5.32. The van der Waals surface area contributed by atoms with Gasteiger partial charge >= 0.3 is 17.9 Å². The zero-order valence-electron chi connectivity index (χ0n) is 15.8. The molecular formula is C21H24O6. The Morgan fingerprint density at radius 1 is 0.704 bits per heavy atom. The van der Waals surface area contributed by atoms with E-state index >= 15 is 0 Å². The average molecular weight is 372 g/mol. The minimum atomic E-state index is -0.773. The molecule has 0 amide bonds. The maximum absolute atomic E-state index is 12.3. The van der Waals surface area contributed by atoms with Crippen LogP contribution in [0, 0.1) is 0 Å². The number of carbonyl (C=O) groups excluding carboxylic acids is 3. The lowest BCUT2D eigenvalue weighted by molar-refractivity contribution is 0.0615. The number of rotatable bonds is 9. The molecule has 0 aliphatic heterocycles. The lowest BCUT2D eigenvalue weighted by Gasteiger charge is -2.08. The van der Waals surface area contributed by atoms with Crippen LogP contribution in [0.3, 0.4) is 0 Å². The largest absolute Gasteiger partial charge is 0.431 e. The molecule has 0 atom stereocenters. The lowest BCUT2D eigenvalue weighted by atomic mass is 10.0. The first-order valence-corrected chi connectivity index (χ1v) is 8.77. The first-order chi connectivity index (χ1) is 13.0. The maximum atomic E-state index is 12.3. The van der Waals surface area contributed by atoms with Gasteiger partial charge in [0.2, 0.25) is 0 Å². The summed E-state index contributed by atoms with van der Waals surface area (Å²) in [5.41, 5.74) is 0.0219. The predicted molar refractivity (Wildman–Crippen MR) is 101 cm³/mol. The van der Waals surface area contributed by atoms with Crippen molar-refractivity contribution in [3.8, 4) is 0 Å². The van der Waals surface area contributed by atoms with Gasteiger partial charge in [0.1, 0.15) is 0 Å². The summed E-state index contributed by atoms with van der Waals surface area (Å²) in [6.45, 7) is 5.67. The summed E-state index contributed by atoms with van der Waals surface area (Å²) < 4.78 is 15.0. The van der Waals surface area contributed by atoms with Crippen LogP contribution >= 0.6 is 0 Å². The average Bonchev–Trinajstić information content (AvgIpc) is 2.67. The van der Waals surface area contributed by atoms with Gasteiger partial charge < -0.3 is 14.2 Å². The van der Waals surface area contributed by atoms with Crippen LogP contribution in [0.15, 0.2) is 55.2 Å². The van der Waals surface area contributed by atoms with Crippen LogP contribution in [-0.2, 0) is 14.2 Å². The summed E-state index contributed by atoms with van der Waals surface area (Å²) in [7, 11) is 0. The van der Waals surface area contributed by atoms with Gasteiger partial charge in [0.15, 0.2) is 0 Å². The van der Waals surface area contributed by atoms with E-state index in [1.807, 2.05) is 20.8 Å². The van der Waals surface area contributed by atoms with E-state index in [9.17, 15) is 14.4 Å². The van der Waals surface area contributed by atoms with Gasteiger partial charge in [0.05, 0.1) is 35.5 Å². The van der Waals surface area contributed by atoms with Crippen molar-refractivity contribution in [3.05, 3.63) is 71.9 Å². The number of carbonyl (C=O) groups is 3. The Balaban J connectivity index is 3.17. The monoisotopic (exact) mass is 372 g/mol. The standard InChI is InChI=1S/C21H24O6/c1-4-7-12-25-19(22)16-10-11-17(20(23)26-13-8-5-2)18(15-16)21(24)27-14-9-6-3/h7-15H,4-6H2,1-3H3/b12-7+,13-8+,14-9+. The molecule has 0 fully saturated rings. The maximum Gasteiger partial charge on any atom is 0.343 e. The molecule has 27 heavy (non-hydrogen) atoms. The van der Waals surface area contributed by atoms with E-state index in [1.165, 1.54) is 37.0 Å². The quantitative estimate of drug-likeness (QED) is 0.347. The number of hydrogen-bond acceptors (Lipinski definition) is 6. The van der Waals surface area contributed by atoms with Gasteiger partial charge in [-0.2, -0.15) is 0 Å². The highest BCUT2D eigenvalue weighted by Crippen LogP contribution is 2.17. The van der Waals surface area contributed by atoms with Gasteiger partial charge in [0.25, 0.3) is 0 Å². The van der Waals surface area contributed by atoms with E-state index in [0.717, 1.165) is 0 Å². The van der Waals surface area contributed by atoms with Gasteiger partial charge in [-0.25, -0.2) is 14.4 Å². The Kier molecular flexibility index (Phi) is 9.93. The Hall–Kier alpha value is -3.15. The van der Waals surface area contributed by atoms with E-state index in [0.29, 0.717) is 19.3 Å². The molecular weight excluding hydrogens is 348 g/mol. The SMILES string of the molecule is CC/C=C/OC(=O)c1ccc(C(=O)O/C=C/CC)c(C(=O)O/C=C/CC)c1. The van der Waals surface area contributed by atoms with Crippen LogP contribution in [0.5, 0.6) is 0 Å². The molecule has 0 aromatic heterocycles. The van der Waals surface area contributed by atoms with Crippen molar-refractivity contribution in [2.24, 2.45) is 0 Å².